The van der Waals surface area contributed by atoms with E-state index in [2.05, 4.69) is 15.0 Å². The topological polar surface area (TPSA) is 61.9 Å². The molecule has 1 aliphatic heterocycles. The van der Waals surface area contributed by atoms with Gasteiger partial charge in [0, 0.05) is 19.3 Å². The second-order valence-electron chi connectivity index (χ2n) is 5.09. The largest absolute Gasteiger partial charge is 0.393 e. The molecule has 112 valence electrons. The number of rotatable bonds is 1. The molecule has 0 spiro atoms. The highest BCUT2D eigenvalue weighted by Crippen LogP contribution is 2.33. The number of aromatic amines is 1. The van der Waals surface area contributed by atoms with Crippen LogP contribution in [-0.2, 0) is 0 Å². The van der Waals surface area contributed by atoms with Crippen molar-refractivity contribution < 1.29 is 18.0 Å². The number of hydrogen-bond donors (Lipinski definition) is 1. The molecule has 3 rings (SSSR count). The first kappa shape index (κ1) is 13.8. The van der Waals surface area contributed by atoms with Crippen LogP contribution in [0.5, 0.6) is 0 Å². The summed E-state index contributed by atoms with van der Waals surface area (Å²) in [6.45, 7) is 0.0135. The van der Waals surface area contributed by atoms with Crippen LogP contribution in [0.4, 0.5) is 13.2 Å². The summed E-state index contributed by atoms with van der Waals surface area (Å²) in [6, 6.07) is 1.65. The van der Waals surface area contributed by atoms with Crippen molar-refractivity contribution in [2.45, 2.75) is 19.0 Å². The molecule has 1 atom stereocenters. The molecule has 0 bridgehead atoms. The second kappa shape index (κ2) is 5.01. The van der Waals surface area contributed by atoms with Crippen molar-refractivity contribution >= 4 is 16.9 Å². The van der Waals surface area contributed by atoms with E-state index < -0.39 is 18.0 Å². The van der Waals surface area contributed by atoms with Crippen LogP contribution in [0.25, 0.3) is 11.0 Å². The van der Waals surface area contributed by atoms with Gasteiger partial charge in [0.1, 0.15) is 17.7 Å². The van der Waals surface area contributed by atoms with Crippen molar-refractivity contribution in [1.29, 1.82) is 0 Å². The molecule has 5 nitrogen and oxygen atoms in total. The minimum atomic E-state index is -4.27. The van der Waals surface area contributed by atoms with Crippen molar-refractivity contribution in [3.05, 3.63) is 24.3 Å². The maximum absolute atomic E-state index is 12.8. The van der Waals surface area contributed by atoms with Gasteiger partial charge in [-0.2, -0.15) is 13.2 Å². The average molecular weight is 298 g/mol. The zero-order chi connectivity index (χ0) is 15.0. The minimum Gasteiger partial charge on any atom is -0.346 e. The molecule has 0 aromatic carbocycles. The van der Waals surface area contributed by atoms with Gasteiger partial charge >= 0.3 is 6.18 Å². The van der Waals surface area contributed by atoms with Crippen LogP contribution in [0.2, 0.25) is 0 Å². The molecule has 1 unspecified atom stereocenters. The van der Waals surface area contributed by atoms with E-state index in [9.17, 15) is 18.0 Å². The molecule has 1 saturated heterocycles. The van der Waals surface area contributed by atoms with Gasteiger partial charge in [0.05, 0.1) is 11.3 Å². The Labute approximate surface area is 118 Å². The molecule has 21 heavy (non-hydrogen) atoms. The van der Waals surface area contributed by atoms with Crippen LogP contribution in [0.3, 0.4) is 0 Å². The lowest BCUT2D eigenvalue weighted by Gasteiger charge is -2.33. The van der Waals surface area contributed by atoms with E-state index >= 15 is 0 Å². The zero-order valence-corrected chi connectivity index (χ0v) is 11.0. The Morgan fingerprint density at radius 3 is 2.95 bits per heavy atom. The molecule has 8 heteroatoms. The molecule has 0 radical (unpaired) electrons. The van der Waals surface area contributed by atoms with Gasteiger partial charge in [-0.25, -0.2) is 9.97 Å². The Morgan fingerprint density at radius 1 is 1.38 bits per heavy atom. The molecule has 1 amide bonds. The molecule has 0 aliphatic carbocycles. The normalized spacial score (nSPS) is 20.0. The molecule has 1 aliphatic rings. The summed E-state index contributed by atoms with van der Waals surface area (Å²) in [5, 5.41) is 0.525. The number of nitrogens with one attached hydrogen (secondary N) is 1. The third-order valence-electron chi connectivity index (χ3n) is 3.73. The summed E-state index contributed by atoms with van der Waals surface area (Å²) in [5.74, 6) is -1.94. The monoisotopic (exact) mass is 298 g/mol. The molecule has 1 fully saturated rings. The molecular weight excluding hydrogens is 285 g/mol. The Morgan fingerprint density at radius 2 is 2.19 bits per heavy atom. The molecule has 2 aromatic heterocycles. The second-order valence-corrected chi connectivity index (χ2v) is 5.09. The number of H-pyrrole nitrogens is 1. The van der Waals surface area contributed by atoms with Gasteiger partial charge in [-0.15, -0.1) is 0 Å². The Kier molecular flexibility index (Phi) is 3.30. The standard InChI is InChI=1S/C13H13F3N4O/c14-13(15,16)8-2-1-5-20(6-8)12(21)10-9-3-4-17-11(9)19-7-18-10/h3-4,7-8H,1-2,5-6H2,(H,17,18,19). The van der Waals surface area contributed by atoms with Gasteiger partial charge in [-0.1, -0.05) is 0 Å². The first-order valence-electron chi connectivity index (χ1n) is 6.61. The van der Waals surface area contributed by atoms with Gasteiger partial charge < -0.3 is 9.88 Å². The quantitative estimate of drug-likeness (QED) is 0.879. The van der Waals surface area contributed by atoms with E-state index in [1.165, 1.54) is 11.2 Å². The summed E-state index contributed by atoms with van der Waals surface area (Å²) >= 11 is 0. The number of aromatic nitrogens is 3. The van der Waals surface area contributed by atoms with E-state index in [1.807, 2.05) is 0 Å². The number of likely N-dealkylation sites (tertiary alicyclic amines) is 1. The number of nitrogens with zero attached hydrogens (tertiary/aromatic N) is 3. The van der Waals surface area contributed by atoms with Crippen LogP contribution in [-0.4, -0.2) is 45.0 Å². The fraction of sp³-hybridized carbons (Fsp3) is 0.462. The van der Waals surface area contributed by atoms with Crippen LogP contribution in [0, 0.1) is 5.92 Å². The average Bonchev–Trinajstić information content (AvgIpc) is 2.94. The van der Waals surface area contributed by atoms with Crippen LogP contribution < -0.4 is 0 Å². The van der Waals surface area contributed by atoms with E-state index in [0.717, 1.165) is 0 Å². The van der Waals surface area contributed by atoms with E-state index in [1.54, 1.807) is 12.3 Å². The highest BCUT2D eigenvalue weighted by atomic mass is 19.4. The van der Waals surface area contributed by atoms with Crippen molar-refractivity contribution in [1.82, 2.24) is 19.9 Å². The predicted octanol–water partition coefficient (Wildman–Crippen LogP) is 2.37. The Bertz CT molecular complexity index is 667. The highest BCUT2D eigenvalue weighted by Gasteiger charge is 2.43. The fourth-order valence-corrected chi connectivity index (χ4v) is 2.62. The molecule has 0 saturated carbocycles. The van der Waals surface area contributed by atoms with Gasteiger partial charge in [0.2, 0.25) is 0 Å². The third-order valence-corrected chi connectivity index (χ3v) is 3.73. The number of alkyl halides is 3. The number of fused-ring (bicyclic) bond motifs is 1. The lowest BCUT2D eigenvalue weighted by atomic mass is 9.97. The molecular formula is C13H13F3N4O. The van der Waals surface area contributed by atoms with E-state index in [4.69, 9.17) is 0 Å². The van der Waals surface area contributed by atoms with Gasteiger partial charge in [-0.05, 0) is 18.9 Å². The molecule has 1 N–H and O–H groups in total. The van der Waals surface area contributed by atoms with Crippen LogP contribution in [0.15, 0.2) is 18.6 Å². The lowest BCUT2D eigenvalue weighted by Crippen LogP contribution is -2.44. The van der Waals surface area contributed by atoms with Crippen molar-refractivity contribution in [3.63, 3.8) is 0 Å². The predicted molar refractivity (Wildman–Crippen MR) is 68.6 cm³/mol. The summed E-state index contributed by atoms with van der Waals surface area (Å²) in [4.78, 5) is 24.4. The van der Waals surface area contributed by atoms with Crippen molar-refractivity contribution in [2.75, 3.05) is 13.1 Å². The number of halogens is 3. The SMILES string of the molecule is O=C(c1ncnc2[nH]ccc12)N1CCCC(C(F)(F)F)C1. The number of carbonyl (C=O) groups is 1. The van der Waals surface area contributed by atoms with E-state index in [-0.39, 0.29) is 18.7 Å². The van der Waals surface area contributed by atoms with Gasteiger partial charge in [0.15, 0.2) is 0 Å². The smallest absolute Gasteiger partial charge is 0.346 e. The van der Waals surface area contributed by atoms with Gasteiger partial charge in [-0.3, -0.25) is 4.79 Å². The Hall–Kier alpha value is -2.12. The number of carbonyl (C=O) groups excluding carboxylic acids is 1. The third kappa shape index (κ3) is 2.57. The zero-order valence-electron chi connectivity index (χ0n) is 11.0. The van der Waals surface area contributed by atoms with Gasteiger partial charge in [0.25, 0.3) is 5.91 Å². The summed E-state index contributed by atoms with van der Waals surface area (Å²) < 4.78 is 38.4. The number of hydrogen-bond acceptors (Lipinski definition) is 3. The Balaban J connectivity index is 1.86. The number of piperidine rings is 1. The first-order valence-corrected chi connectivity index (χ1v) is 6.61. The molecule has 2 aromatic rings. The summed E-state index contributed by atoms with van der Waals surface area (Å²) in [7, 11) is 0. The van der Waals surface area contributed by atoms with E-state index in [0.29, 0.717) is 24.0 Å². The van der Waals surface area contributed by atoms with Crippen LogP contribution >= 0.6 is 0 Å². The maximum Gasteiger partial charge on any atom is 0.393 e. The highest BCUT2D eigenvalue weighted by molar-refractivity contribution is 6.03. The van der Waals surface area contributed by atoms with Crippen LogP contribution in [0.1, 0.15) is 23.3 Å². The number of amides is 1. The summed E-state index contributed by atoms with van der Waals surface area (Å²) in [5.41, 5.74) is 0.641. The minimum absolute atomic E-state index is 0.0661. The summed E-state index contributed by atoms with van der Waals surface area (Å²) in [6.07, 6.45) is -1.01. The fourth-order valence-electron chi connectivity index (χ4n) is 2.62. The maximum atomic E-state index is 12.8. The molecule has 3 heterocycles. The first-order chi connectivity index (χ1) is 9.97. The van der Waals surface area contributed by atoms with Crippen molar-refractivity contribution in [2.24, 2.45) is 5.92 Å². The van der Waals surface area contributed by atoms with Crippen molar-refractivity contribution in [3.8, 4) is 0 Å². The lowest BCUT2D eigenvalue weighted by molar-refractivity contribution is -0.184.